The van der Waals surface area contributed by atoms with Crippen LogP contribution in [0.2, 0.25) is 0 Å². The number of unbranched alkanes of at least 4 members (excludes halogenated alkanes) is 12. The molecular formula is C46H68N16O16P2. The van der Waals surface area contributed by atoms with Gasteiger partial charge < -0.3 is 66.9 Å². The normalized spacial score (nSPS) is 27.6. The molecule has 0 saturated carbocycles. The molecule has 3 aliphatic rings. The van der Waals surface area contributed by atoms with E-state index in [2.05, 4.69) is 57.1 Å². The number of phosphoric acid groups is 2. The SMILES string of the molecule is CCCCCCCCCCCCCCCC(=O)N[C@H]1[C@@H](O)[C@H](n2cnc3c(N)ncnc32)O[C@@H]1COP(=O)(O)O[C@@H]1[C@H](O)[C@@H](COP(=O)(O)O[C@@H]2[C@H](O)[C@@H](CO)O[C@H]2n2cnc3c(N)ncnc32)O[C@H]1n1cnc2c(N)ncnc21. The number of carbonyl (C=O) groups is 1. The molecule has 3 saturated heterocycles. The number of carbonyl (C=O) groups excluding carboxylic acids is 1. The van der Waals surface area contributed by atoms with Gasteiger partial charge >= 0.3 is 15.6 Å². The standard InChI is InChI=1S/C46H68N16O16P2/c1-2-3-4-5-6-7-8-9-10-11-12-13-14-15-28(64)59-29-26(75-44(35(29)67)60-22-56-30-38(47)50-19-53-41(30)60)17-72-79(68,69)78-37-34(66)27(76-46(37)62-24-58-32-40(49)52-21-55-43(32)62)18-73-80(70,71)77-36-33(65)25(16-63)74-45(36)61-23-57-31-39(48)51-20-54-42(31)61/h19-27,29,33-37,44-46,63,65-67H,2-18H2,1H3,(H,59,64)(H,68,69)(H,70,71)(H2,47,50,53)(H2,48,51,54)(H2,49,52,55)/t25-,26-,27-,29-,33-,34-,35-,36-,37-,44-,45-,46-/m1/s1. The smallest absolute Gasteiger partial charge is 0.394 e. The first kappa shape index (κ1) is 59.1. The van der Waals surface area contributed by atoms with Crippen LogP contribution in [0.15, 0.2) is 38.0 Å². The van der Waals surface area contributed by atoms with Gasteiger partial charge in [0.1, 0.15) is 84.4 Å². The molecular weight excluding hydrogens is 1090 g/mol. The number of aliphatic hydroxyl groups excluding tert-OH is 4. The van der Waals surface area contributed by atoms with E-state index in [1.165, 1.54) is 90.4 Å². The third-order valence-electron chi connectivity index (χ3n) is 14.3. The predicted octanol–water partition coefficient (Wildman–Crippen LogP) is 1.99. The molecule has 0 aromatic carbocycles. The Kier molecular flexibility index (Phi) is 19.3. The van der Waals surface area contributed by atoms with Crippen LogP contribution in [0.3, 0.4) is 0 Å². The maximum Gasteiger partial charge on any atom is 0.472 e. The Morgan fingerprint density at radius 3 is 1.40 bits per heavy atom. The van der Waals surface area contributed by atoms with Crippen molar-refractivity contribution in [3.05, 3.63) is 38.0 Å². The van der Waals surface area contributed by atoms with Gasteiger partial charge in [0.15, 0.2) is 53.1 Å². The van der Waals surface area contributed by atoms with Crippen molar-refractivity contribution in [1.82, 2.24) is 63.9 Å². The number of amides is 1. The minimum Gasteiger partial charge on any atom is -0.394 e. The Labute approximate surface area is 457 Å². The molecule has 6 aromatic rings. The van der Waals surface area contributed by atoms with E-state index in [9.17, 15) is 44.1 Å². The van der Waals surface area contributed by atoms with Crippen molar-refractivity contribution in [1.29, 1.82) is 0 Å². The summed E-state index contributed by atoms with van der Waals surface area (Å²) in [4.78, 5) is 73.0. The van der Waals surface area contributed by atoms with Crippen LogP contribution in [0, 0.1) is 0 Å². The van der Waals surface area contributed by atoms with Gasteiger partial charge in [-0.15, -0.1) is 0 Å². The number of ether oxygens (including phenoxy) is 3. The molecule has 80 heavy (non-hydrogen) atoms. The maximum atomic E-state index is 14.1. The zero-order valence-corrected chi connectivity index (χ0v) is 45.5. The highest BCUT2D eigenvalue weighted by atomic mass is 31.2. The second kappa shape index (κ2) is 26.1. The van der Waals surface area contributed by atoms with Crippen molar-refractivity contribution in [2.45, 2.75) is 170 Å². The molecule has 3 aliphatic heterocycles. The molecule has 0 radical (unpaired) electrons. The number of nitrogens with zero attached hydrogens (tertiary/aromatic N) is 12. The maximum absolute atomic E-state index is 14.1. The number of fused-ring (bicyclic) bond motifs is 3. The van der Waals surface area contributed by atoms with E-state index in [0.717, 1.165) is 38.3 Å². The van der Waals surface area contributed by atoms with Crippen LogP contribution in [0.5, 0.6) is 0 Å². The molecule has 34 heteroatoms. The fourth-order valence-electron chi connectivity index (χ4n) is 10.1. The summed E-state index contributed by atoms with van der Waals surface area (Å²) < 4.78 is 71.7. The predicted molar refractivity (Wildman–Crippen MR) is 280 cm³/mol. The monoisotopic (exact) mass is 1160 g/mol. The van der Waals surface area contributed by atoms with E-state index in [1.54, 1.807) is 0 Å². The molecule has 9 rings (SSSR count). The van der Waals surface area contributed by atoms with Gasteiger partial charge in [0.2, 0.25) is 5.91 Å². The van der Waals surface area contributed by atoms with Gasteiger partial charge in [0.25, 0.3) is 0 Å². The first-order valence-corrected chi connectivity index (χ1v) is 29.5. The van der Waals surface area contributed by atoms with Gasteiger partial charge in [-0.05, 0) is 6.42 Å². The average Bonchev–Trinajstić information content (AvgIpc) is 4.46. The average molecular weight is 1160 g/mol. The zero-order chi connectivity index (χ0) is 56.7. The number of nitrogen functional groups attached to an aromatic ring is 3. The number of rotatable bonds is 29. The number of imidazole rings is 3. The molecule has 14 atom stereocenters. The lowest BCUT2D eigenvalue weighted by Gasteiger charge is -2.26. The molecule has 6 aromatic heterocycles. The Morgan fingerprint density at radius 1 is 0.562 bits per heavy atom. The van der Waals surface area contributed by atoms with Crippen LogP contribution in [-0.2, 0) is 46.2 Å². The molecule has 0 aliphatic carbocycles. The number of aliphatic hydroxyl groups is 4. The van der Waals surface area contributed by atoms with Crippen molar-refractivity contribution in [3.8, 4) is 0 Å². The summed E-state index contributed by atoms with van der Waals surface area (Å²) in [6.45, 7) is -0.273. The lowest BCUT2D eigenvalue weighted by Crippen LogP contribution is -2.48. The van der Waals surface area contributed by atoms with Gasteiger partial charge in [-0.1, -0.05) is 84.0 Å². The molecule has 0 bridgehead atoms. The molecule has 32 nitrogen and oxygen atoms in total. The van der Waals surface area contributed by atoms with Gasteiger partial charge in [-0.25, -0.2) is 54.0 Å². The van der Waals surface area contributed by atoms with Gasteiger partial charge in [0.05, 0.1) is 44.8 Å². The van der Waals surface area contributed by atoms with Crippen LogP contribution in [0.1, 0.15) is 115 Å². The van der Waals surface area contributed by atoms with Crippen molar-refractivity contribution >= 4 is 72.5 Å². The van der Waals surface area contributed by atoms with Crippen LogP contribution in [-0.4, -0.2) is 169 Å². The van der Waals surface area contributed by atoms with Crippen molar-refractivity contribution in [3.63, 3.8) is 0 Å². The molecule has 1 amide bonds. The largest absolute Gasteiger partial charge is 0.472 e. The first-order chi connectivity index (χ1) is 38.5. The molecule has 13 N–H and O–H groups in total. The van der Waals surface area contributed by atoms with E-state index < -0.39 is 115 Å². The van der Waals surface area contributed by atoms with Crippen LogP contribution >= 0.6 is 15.6 Å². The second-order valence-corrected chi connectivity index (χ2v) is 22.7. The molecule has 438 valence electrons. The molecule has 0 spiro atoms. The lowest BCUT2D eigenvalue weighted by atomic mass is 10.0. The van der Waals surface area contributed by atoms with Crippen molar-refractivity contribution < 1.29 is 76.4 Å². The fourth-order valence-corrected chi connectivity index (χ4v) is 12.0. The summed E-state index contributed by atoms with van der Waals surface area (Å²) in [7, 11) is -10.7. The van der Waals surface area contributed by atoms with E-state index in [-0.39, 0.29) is 57.4 Å². The topological polar surface area (TPSA) is 458 Å². The molecule has 9 heterocycles. The highest BCUT2D eigenvalue weighted by Crippen LogP contribution is 2.53. The minimum absolute atomic E-state index is 0.00240. The summed E-state index contributed by atoms with van der Waals surface area (Å²) in [6.07, 6.45) is 4.44. The fraction of sp³-hybridized carbons (Fsp3) is 0.652. The summed E-state index contributed by atoms with van der Waals surface area (Å²) in [5.74, 6) is -0.412. The third-order valence-corrected chi connectivity index (χ3v) is 16.3. The Balaban J connectivity index is 0.867. The highest BCUT2D eigenvalue weighted by molar-refractivity contribution is 7.47. The third kappa shape index (κ3) is 13.4. The number of nitrogens with one attached hydrogen (secondary N) is 1. The quantitative estimate of drug-likeness (QED) is 0.0237. The number of hydrogen-bond acceptors (Lipinski definition) is 26. The molecule has 2 unspecified atom stereocenters. The second-order valence-electron chi connectivity index (χ2n) is 19.9. The number of hydrogen-bond donors (Lipinski definition) is 10. The van der Waals surface area contributed by atoms with Crippen molar-refractivity contribution in [2.75, 3.05) is 37.0 Å². The zero-order valence-electron chi connectivity index (χ0n) is 43.7. The Morgan fingerprint density at radius 2 is 0.950 bits per heavy atom. The first-order valence-electron chi connectivity index (χ1n) is 26.5. The van der Waals surface area contributed by atoms with Crippen molar-refractivity contribution in [2.24, 2.45) is 0 Å². The minimum atomic E-state index is -5.37. The number of phosphoric ester groups is 2. The van der Waals surface area contributed by atoms with Gasteiger partial charge in [0, 0.05) is 6.42 Å². The van der Waals surface area contributed by atoms with Gasteiger partial charge in [-0.3, -0.25) is 36.6 Å². The van der Waals surface area contributed by atoms with Gasteiger partial charge in [-0.2, -0.15) is 0 Å². The lowest BCUT2D eigenvalue weighted by molar-refractivity contribution is -0.123. The summed E-state index contributed by atoms with van der Waals surface area (Å²) in [6, 6.07) is -1.23. The van der Waals surface area contributed by atoms with E-state index in [4.69, 9.17) is 49.5 Å². The summed E-state index contributed by atoms with van der Waals surface area (Å²) >= 11 is 0. The number of anilines is 3. The summed E-state index contributed by atoms with van der Waals surface area (Å²) in [5.41, 5.74) is 18.7. The summed E-state index contributed by atoms with van der Waals surface area (Å²) in [5, 5.41) is 47.5. The van der Waals surface area contributed by atoms with Crippen LogP contribution < -0.4 is 22.5 Å². The van der Waals surface area contributed by atoms with E-state index in [0.29, 0.717) is 6.42 Å². The molecule has 3 fully saturated rings. The Hall–Kier alpha value is -5.54. The van der Waals surface area contributed by atoms with Crippen LogP contribution in [0.4, 0.5) is 17.5 Å². The number of nitrogens with two attached hydrogens (primary N) is 3. The van der Waals surface area contributed by atoms with E-state index in [1.807, 2.05) is 0 Å². The highest BCUT2D eigenvalue weighted by Gasteiger charge is 2.53. The Bertz CT molecular complexity index is 3140. The number of aromatic nitrogens is 12. The van der Waals surface area contributed by atoms with Crippen LogP contribution in [0.25, 0.3) is 33.5 Å². The van der Waals surface area contributed by atoms with E-state index >= 15 is 0 Å².